The number of hydrazine groups is 1. The lowest BCUT2D eigenvalue weighted by Crippen LogP contribution is -2.59. The van der Waals surface area contributed by atoms with Crippen LogP contribution in [0.25, 0.3) is 10.8 Å². The molecule has 15 nitrogen and oxygen atoms in total. The third kappa shape index (κ3) is 12.9. The Bertz CT molecular complexity index is 3060. The van der Waals surface area contributed by atoms with E-state index in [1.165, 1.54) is 28.8 Å². The van der Waals surface area contributed by atoms with Gasteiger partial charge >= 0.3 is 13.9 Å². The molecule has 7 aromatic carbocycles. The van der Waals surface area contributed by atoms with E-state index in [-0.39, 0.29) is 18.8 Å². The molecule has 370 valence electrons. The Kier molecular flexibility index (Phi) is 16.1. The minimum absolute atomic E-state index is 0.0269. The summed E-state index contributed by atoms with van der Waals surface area (Å²) in [5.41, 5.74) is 7.84. The van der Waals surface area contributed by atoms with Crippen LogP contribution in [0.15, 0.2) is 181 Å². The number of thioether (sulfide) groups is 1. The van der Waals surface area contributed by atoms with E-state index < -0.39 is 60.6 Å². The number of hydrogen-bond acceptors (Lipinski definition) is 11. The fourth-order valence-electron chi connectivity index (χ4n) is 8.13. The molecule has 0 bridgehead atoms. The Morgan fingerprint density at radius 2 is 1.38 bits per heavy atom. The van der Waals surface area contributed by atoms with Crippen LogP contribution in [0.2, 0.25) is 0 Å². The van der Waals surface area contributed by atoms with Crippen LogP contribution in [0.4, 0.5) is 16.2 Å². The molecule has 0 radical (unpaired) electrons. The van der Waals surface area contributed by atoms with E-state index in [1.54, 1.807) is 113 Å². The minimum atomic E-state index is -4.54. The third-order valence-corrected chi connectivity index (χ3v) is 13.8. The summed E-state index contributed by atoms with van der Waals surface area (Å²) >= 11 is 1.35. The summed E-state index contributed by atoms with van der Waals surface area (Å²) in [4.78, 5) is 71.8. The molecule has 0 saturated heterocycles. The Morgan fingerprint density at radius 3 is 2.08 bits per heavy atom. The summed E-state index contributed by atoms with van der Waals surface area (Å²) in [5.74, 6) is -1.17. The molecule has 5 N–H and O–H groups in total. The van der Waals surface area contributed by atoms with Gasteiger partial charge in [-0.3, -0.25) is 34.1 Å². The first-order chi connectivity index (χ1) is 34.6. The van der Waals surface area contributed by atoms with Crippen molar-refractivity contribution in [2.45, 2.75) is 67.7 Å². The lowest BCUT2D eigenvalue weighted by molar-refractivity contribution is -0.130. The van der Waals surface area contributed by atoms with Gasteiger partial charge in [0.25, 0.3) is 11.8 Å². The molecule has 5 atom stereocenters. The number of hydrogen-bond donors (Lipinski definition) is 5. The number of carbonyl (C=O) groups excluding carboxylic acids is 4. The van der Waals surface area contributed by atoms with Gasteiger partial charge in [-0.2, -0.15) is 0 Å². The largest absolute Gasteiger partial charge is 0.527 e. The van der Waals surface area contributed by atoms with Crippen molar-refractivity contribution in [3.05, 3.63) is 198 Å². The van der Waals surface area contributed by atoms with E-state index in [0.29, 0.717) is 44.3 Å². The van der Waals surface area contributed by atoms with Crippen LogP contribution in [0.1, 0.15) is 54.3 Å². The molecule has 7 aromatic rings. The smallest absolute Gasteiger partial charge is 0.497 e. The number of para-hydroxylation sites is 1. The van der Waals surface area contributed by atoms with E-state index in [4.69, 9.17) is 18.5 Å². The lowest BCUT2D eigenvalue weighted by Gasteiger charge is -2.34. The Labute approximate surface area is 421 Å². The van der Waals surface area contributed by atoms with Gasteiger partial charge in [0, 0.05) is 16.0 Å². The second-order valence-electron chi connectivity index (χ2n) is 17.8. The van der Waals surface area contributed by atoms with Crippen molar-refractivity contribution in [2.24, 2.45) is 0 Å². The molecule has 4 amide bonds. The number of rotatable bonds is 17. The summed E-state index contributed by atoms with van der Waals surface area (Å²) in [7, 11) is -2.99. The third-order valence-electron chi connectivity index (χ3n) is 11.5. The van der Waals surface area contributed by atoms with Crippen LogP contribution >= 0.6 is 19.6 Å². The molecule has 1 heterocycles. The number of nitrogens with zero attached hydrogens (tertiary/aromatic N) is 1. The lowest BCUT2D eigenvalue weighted by atomic mass is 9.98. The number of anilines is 2. The highest BCUT2D eigenvalue weighted by Crippen LogP contribution is 2.49. The van der Waals surface area contributed by atoms with Crippen LogP contribution in [0.3, 0.4) is 0 Å². The zero-order chi connectivity index (χ0) is 50.8. The maximum Gasteiger partial charge on any atom is 0.527 e. The molecular formula is C55H54N5O10PS. The first-order valence-corrected chi connectivity index (χ1v) is 25.4. The number of carbonyl (C=O) groups is 4. The number of benzene rings is 7. The van der Waals surface area contributed by atoms with Gasteiger partial charge in [0.15, 0.2) is 0 Å². The highest BCUT2D eigenvalue weighted by molar-refractivity contribution is 7.99. The predicted molar refractivity (Wildman–Crippen MR) is 277 cm³/mol. The molecule has 1 aliphatic rings. The number of amides is 4. The van der Waals surface area contributed by atoms with Crippen LogP contribution < -0.4 is 35.6 Å². The first-order valence-electron chi connectivity index (χ1n) is 23.1. The second kappa shape index (κ2) is 22.7. The predicted octanol–water partition coefficient (Wildman–Crippen LogP) is 10.2. The van der Waals surface area contributed by atoms with Gasteiger partial charge in [0.1, 0.15) is 35.2 Å². The Morgan fingerprint density at radius 1 is 0.736 bits per heavy atom. The van der Waals surface area contributed by atoms with E-state index in [1.807, 2.05) is 78.9 Å². The Hall–Kier alpha value is -7.46. The summed E-state index contributed by atoms with van der Waals surface area (Å²) < 4.78 is 34.4. The number of nitrogens with one attached hydrogen (secondary N) is 4. The molecule has 1 aliphatic heterocycles. The summed E-state index contributed by atoms with van der Waals surface area (Å²) in [6.45, 7) is 4.93. The molecule has 0 saturated carbocycles. The average molecular weight is 1010 g/mol. The minimum Gasteiger partial charge on any atom is -0.497 e. The van der Waals surface area contributed by atoms with Crippen LogP contribution in [-0.2, 0) is 41.2 Å². The molecule has 2 unspecified atom stereocenters. The van der Waals surface area contributed by atoms with Crippen molar-refractivity contribution < 1.29 is 47.2 Å². The number of fused-ring (bicyclic) bond motifs is 2. The van der Waals surface area contributed by atoms with E-state index in [0.717, 1.165) is 10.8 Å². The van der Waals surface area contributed by atoms with Crippen LogP contribution in [-0.4, -0.2) is 53.5 Å². The molecule has 0 spiro atoms. The maximum absolute atomic E-state index is 15.9. The van der Waals surface area contributed by atoms with Crippen molar-refractivity contribution >= 4 is 65.5 Å². The molecule has 0 aromatic heterocycles. The molecule has 0 aliphatic carbocycles. The van der Waals surface area contributed by atoms with Crippen molar-refractivity contribution in [1.82, 2.24) is 16.2 Å². The normalized spacial score (nSPS) is 16.2. The average Bonchev–Trinajstić information content (AvgIpc) is 3.49. The molecular weight excluding hydrogens is 954 g/mol. The fourth-order valence-corrected chi connectivity index (χ4v) is 10.2. The van der Waals surface area contributed by atoms with Gasteiger partial charge in [-0.15, -0.1) is 11.8 Å². The zero-order valence-corrected chi connectivity index (χ0v) is 41.6. The molecule has 8 rings (SSSR count). The van der Waals surface area contributed by atoms with Gasteiger partial charge in [-0.25, -0.2) is 14.8 Å². The van der Waals surface area contributed by atoms with E-state index >= 15 is 14.4 Å². The van der Waals surface area contributed by atoms with E-state index in [9.17, 15) is 14.3 Å². The molecule has 0 fully saturated rings. The summed E-state index contributed by atoms with van der Waals surface area (Å²) in [5, 5.41) is 7.14. The van der Waals surface area contributed by atoms with E-state index in [2.05, 4.69) is 21.5 Å². The van der Waals surface area contributed by atoms with Gasteiger partial charge in [0.2, 0.25) is 5.91 Å². The van der Waals surface area contributed by atoms with Crippen LogP contribution in [0.5, 0.6) is 11.5 Å². The SMILES string of the molecule is COc1ccc([C@@H]2Sc3ccccc3N(C(C(=O)Nc3cccc4ccccc34)c3ccccc3)C(=O)[C@H]2NC(=O)[C@H](Cc2ccc(OP(=O)(O)OCc3ccccc3)cc2)NNC(=O)OC(C)(C)C)cc1. The van der Waals surface area contributed by atoms with Gasteiger partial charge in [-0.05, 0) is 97.3 Å². The van der Waals surface area contributed by atoms with Gasteiger partial charge in [0.05, 0.1) is 24.7 Å². The van der Waals surface area contributed by atoms with Gasteiger partial charge in [-0.1, -0.05) is 133 Å². The monoisotopic (exact) mass is 1010 g/mol. The van der Waals surface area contributed by atoms with Crippen LogP contribution in [0, 0.1) is 0 Å². The first kappa shape index (κ1) is 50.9. The molecule has 17 heteroatoms. The highest BCUT2D eigenvalue weighted by atomic mass is 32.2. The zero-order valence-electron chi connectivity index (χ0n) is 39.9. The Balaban J connectivity index is 1.15. The number of ether oxygens (including phenoxy) is 2. The standard InChI is InChI=1S/C55H54N5O10PS/c1-55(2,3)69-54(64)59-58-45(34-36-26-30-42(31-27-36)70-71(65,66)68-35-37-16-7-5-8-17-37)51(61)57-48-50(40-28-32-41(67-4)33-29-40)72-47-25-14-13-24-46(47)60(53(48)63)49(39-19-9-6-10-20-39)52(62)56-44-23-15-21-38-18-11-12-22-43(38)44/h5-33,45,48-50,58H,34-35H2,1-4H3,(H,56,62)(H,57,61)(H,59,64)(H,65,66)/t45-,48-,49?,50-/m0/s1. The number of methoxy groups -OCH3 is 1. The maximum atomic E-state index is 15.9. The highest BCUT2D eigenvalue weighted by Gasteiger charge is 2.45. The van der Waals surface area contributed by atoms with Crippen molar-refractivity contribution in [2.75, 3.05) is 17.3 Å². The van der Waals surface area contributed by atoms with Crippen molar-refractivity contribution in [1.29, 1.82) is 0 Å². The number of phosphoric ester groups is 1. The topological polar surface area (TPSA) is 194 Å². The second-order valence-corrected chi connectivity index (χ2v) is 20.4. The quantitative estimate of drug-likeness (QED) is 0.0429. The fraction of sp³-hybridized carbons (Fsp3) is 0.200. The number of phosphoric acid groups is 1. The van der Waals surface area contributed by atoms with Crippen molar-refractivity contribution in [3.63, 3.8) is 0 Å². The summed E-state index contributed by atoms with van der Waals surface area (Å²) in [6, 6.07) is 47.9. The summed E-state index contributed by atoms with van der Waals surface area (Å²) in [6.07, 6.45) is -0.936. The van der Waals surface area contributed by atoms with Gasteiger partial charge < -0.3 is 24.6 Å². The molecule has 72 heavy (non-hydrogen) atoms. The van der Waals surface area contributed by atoms with Crippen molar-refractivity contribution in [3.8, 4) is 11.5 Å².